The Kier molecular flexibility index (Phi) is 10.2. The van der Waals surface area contributed by atoms with Crippen LogP contribution in [0, 0.1) is 0 Å². The van der Waals surface area contributed by atoms with Gasteiger partial charge in [-0.1, -0.05) is 6.07 Å². The number of nitrogens with one attached hydrogen (secondary N) is 2. The zero-order valence-electron chi connectivity index (χ0n) is 23.6. The normalized spacial score (nSPS) is 14.9. The van der Waals surface area contributed by atoms with Gasteiger partial charge in [0.2, 0.25) is 11.8 Å². The Morgan fingerprint density at radius 2 is 1.74 bits per heavy atom. The third-order valence-electron chi connectivity index (χ3n) is 6.74. The molecule has 0 saturated carbocycles. The van der Waals surface area contributed by atoms with E-state index in [2.05, 4.69) is 10.6 Å². The summed E-state index contributed by atoms with van der Waals surface area (Å²) < 4.78 is 26.4. The number of rotatable bonds is 12. The lowest BCUT2D eigenvalue weighted by Gasteiger charge is -2.32. The summed E-state index contributed by atoms with van der Waals surface area (Å²) in [5.41, 5.74) is 0.970. The van der Waals surface area contributed by atoms with E-state index in [1.807, 2.05) is 0 Å². The largest absolute Gasteiger partial charge is 0.493 e. The fourth-order valence-electron chi connectivity index (χ4n) is 4.61. The first-order chi connectivity index (χ1) is 20.4. The van der Waals surface area contributed by atoms with Crippen molar-refractivity contribution in [3.63, 3.8) is 0 Å². The number of amides is 3. The standard InChI is InChI=1S/C30H33N3O9/c1-38-23-13-10-20(16-25(23)39-2)27(29(36)31-17-22-6-4-14-41-22)33(21-11-8-19(9-12-21)30(37)40-3)26(34)18-32-28(35)24-7-5-15-42-24/h5,7-13,15-16,22,27H,4,6,14,17-18H2,1-3H3,(H,31,36)(H,32,35)/t22-,27+/m1/s1. The predicted molar refractivity (Wildman–Crippen MR) is 151 cm³/mol. The highest BCUT2D eigenvalue weighted by Crippen LogP contribution is 2.34. The summed E-state index contributed by atoms with van der Waals surface area (Å²) in [5, 5.41) is 5.46. The number of nitrogens with zero attached hydrogens (tertiary/aromatic N) is 1. The van der Waals surface area contributed by atoms with E-state index in [0.29, 0.717) is 29.4 Å². The number of anilines is 1. The molecule has 1 aliphatic heterocycles. The molecule has 0 bridgehead atoms. The fourth-order valence-corrected chi connectivity index (χ4v) is 4.61. The second-order valence-electron chi connectivity index (χ2n) is 9.36. The Morgan fingerprint density at radius 3 is 2.36 bits per heavy atom. The second kappa shape index (κ2) is 14.2. The molecule has 1 saturated heterocycles. The molecule has 3 amide bonds. The maximum Gasteiger partial charge on any atom is 0.337 e. The van der Waals surface area contributed by atoms with Gasteiger partial charge in [0.15, 0.2) is 17.3 Å². The number of hydrogen-bond acceptors (Lipinski definition) is 9. The highest BCUT2D eigenvalue weighted by atomic mass is 16.5. The van der Waals surface area contributed by atoms with Gasteiger partial charge in [-0.2, -0.15) is 0 Å². The summed E-state index contributed by atoms with van der Waals surface area (Å²) in [6.07, 6.45) is 2.90. The maximum atomic E-state index is 13.9. The lowest BCUT2D eigenvalue weighted by molar-refractivity contribution is -0.126. The zero-order chi connectivity index (χ0) is 30.1. The molecule has 222 valence electrons. The van der Waals surface area contributed by atoms with Gasteiger partial charge in [-0.3, -0.25) is 19.3 Å². The van der Waals surface area contributed by atoms with Gasteiger partial charge < -0.3 is 34.0 Å². The third-order valence-corrected chi connectivity index (χ3v) is 6.74. The summed E-state index contributed by atoms with van der Waals surface area (Å²) in [5.74, 6) is -1.43. The molecule has 2 atom stereocenters. The van der Waals surface area contributed by atoms with Crippen molar-refractivity contribution in [2.24, 2.45) is 0 Å². The van der Waals surface area contributed by atoms with Gasteiger partial charge in [-0.15, -0.1) is 0 Å². The van der Waals surface area contributed by atoms with Crippen LogP contribution in [0.1, 0.15) is 45.4 Å². The SMILES string of the molecule is COC(=O)c1ccc(N(C(=O)CNC(=O)c2ccco2)[C@H](C(=O)NC[C@H]2CCCO2)c2ccc(OC)c(OC)c2)cc1. The number of hydrogen-bond donors (Lipinski definition) is 2. The number of esters is 1. The average molecular weight is 580 g/mol. The van der Waals surface area contributed by atoms with Crippen LogP contribution in [0.2, 0.25) is 0 Å². The van der Waals surface area contributed by atoms with E-state index in [-0.39, 0.29) is 24.0 Å². The van der Waals surface area contributed by atoms with E-state index in [4.69, 9.17) is 23.4 Å². The first-order valence-electron chi connectivity index (χ1n) is 13.3. The number of methoxy groups -OCH3 is 3. The van der Waals surface area contributed by atoms with Crippen molar-refractivity contribution < 1.29 is 42.5 Å². The molecule has 42 heavy (non-hydrogen) atoms. The number of ether oxygens (including phenoxy) is 4. The van der Waals surface area contributed by atoms with Crippen molar-refractivity contribution >= 4 is 29.4 Å². The fraction of sp³-hybridized carbons (Fsp3) is 0.333. The van der Waals surface area contributed by atoms with Crippen molar-refractivity contribution in [1.29, 1.82) is 0 Å². The van der Waals surface area contributed by atoms with Gasteiger partial charge in [0, 0.05) is 18.8 Å². The minimum atomic E-state index is -1.21. The van der Waals surface area contributed by atoms with Gasteiger partial charge in [0.1, 0.15) is 6.04 Å². The van der Waals surface area contributed by atoms with Crippen molar-refractivity contribution in [3.8, 4) is 11.5 Å². The first-order valence-corrected chi connectivity index (χ1v) is 13.3. The Morgan fingerprint density at radius 1 is 0.976 bits per heavy atom. The van der Waals surface area contributed by atoms with Crippen molar-refractivity contribution in [2.75, 3.05) is 45.9 Å². The summed E-state index contributed by atoms with van der Waals surface area (Å²) >= 11 is 0. The van der Waals surface area contributed by atoms with Gasteiger partial charge in [-0.05, 0) is 66.9 Å². The first kappa shape index (κ1) is 30.1. The van der Waals surface area contributed by atoms with Gasteiger partial charge in [-0.25, -0.2) is 4.79 Å². The maximum absolute atomic E-state index is 13.9. The molecule has 2 aromatic carbocycles. The molecule has 12 heteroatoms. The summed E-state index contributed by atoms with van der Waals surface area (Å²) in [4.78, 5) is 53.7. The quantitative estimate of drug-likeness (QED) is 0.309. The van der Waals surface area contributed by atoms with E-state index in [9.17, 15) is 19.2 Å². The molecule has 3 aromatic rings. The Bertz CT molecular complexity index is 1380. The van der Waals surface area contributed by atoms with E-state index in [0.717, 1.165) is 12.8 Å². The molecule has 1 aromatic heterocycles. The number of benzene rings is 2. The smallest absolute Gasteiger partial charge is 0.337 e. The van der Waals surface area contributed by atoms with Crippen molar-refractivity contribution in [2.45, 2.75) is 25.0 Å². The summed E-state index contributed by atoms with van der Waals surface area (Å²) in [6, 6.07) is 12.7. The van der Waals surface area contributed by atoms with Gasteiger partial charge >= 0.3 is 5.97 Å². The average Bonchev–Trinajstić information content (AvgIpc) is 3.76. The molecule has 2 N–H and O–H groups in total. The van der Waals surface area contributed by atoms with Crippen LogP contribution in [0.3, 0.4) is 0 Å². The van der Waals surface area contributed by atoms with Crippen LogP contribution in [0.15, 0.2) is 65.3 Å². The van der Waals surface area contributed by atoms with Crippen LogP contribution in [0.4, 0.5) is 5.69 Å². The van der Waals surface area contributed by atoms with Crippen molar-refractivity contribution in [1.82, 2.24) is 10.6 Å². The Balaban J connectivity index is 1.74. The predicted octanol–water partition coefficient (Wildman–Crippen LogP) is 2.88. The van der Waals surface area contributed by atoms with E-state index < -0.39 is 36.3 Å². The monoisotopic (exact) mass is 579 g/mol. The van der Waals surface area contributed by atoms with Crippen LogP contribution in [-0.4, -0.2) is 70.8 Å². The van der Waals surface area contributed by atoms with E-state index >= 15 is 0 Å². The Labute approximate surface area is 242 Å². The molecule has 0 radical (unpaired) electrons. The van der Waals surface area contributed by atoms with Crippen LogP contribution in [0.25, 0.3) is 0 Å². The lowest BCUT2D eigenvalue weighted by Crippen LogP contribution is -2.48. The molecular weight excluding hydrogens is 546 g/mol. The highest BCUT2D eigenvalue weighted by molar-refractivity contribution is 6.04. The molecule has 4 rings (SSSR count). The van der Waals surface area contributed by atoms with Crippen molar-refractivity contribution in [3.05, 3.63) is 77.7 Å². The number of carbonyl (C=O) groups excluding carboxylic acids is 4. The van der Waals surface area contributed by atoms with Crippen LogP contribution in [0.5, 0.6) is 11.5 Å². The minimum Gasteiger partial charge on any atom is -0.493 e. The minimum absolute atomic E-state index is 0.0301. The number of carbonyl (C=O) groups is 4. The Hall–Kier alpha value is -4.84. The molecule has 0 unspecified atom stereocenters. The second-order valence-corrected chi connectivity index (χ2v) is 9.36. The highest BCUT2D eigenvalue weighted by Gasteiger charge is 2.34. The molecule has 0 spiro atoms. The molecule has 1 fully saturated rings. The molecule has 1 aliphatic rings. The molecule has 0 aliphatic carbocycles. The zero-order valence-corrected chi connectivity index (χ0v) is 23.6. The van der Waals surface area contributed by atoms with Crippen LogP contribution in [-0.2, 0) is 19.1 Å². The molecule has 2 heterocycles. The third kappa shape index (κ3) is 7.07. The van der Waals surface area contributed by atoms with Crippen LogP contribution >= 0.6 is 0 Å². The van der Waals surface area contributed by atoms with E-state index in [1.54, 1.807) is 24.3 Å². The summed E-state index contributed by atoms with van der Waals surface area (Å²) in [6.45, 7) is 0.411. The van der Waals surface area contributed by atoms with Gasteiger partial charge in [0.05, 0.1) is 45.8 Å². The topological polar surface area (TPSA) is 146 Å². The van der Waals surface area contributed by atoms with E-state index in [1.165, 1.54) is 62.8 Å². The van der Waals surface area contributed by atoms with Gasteiger partial charge in [0.25, 0.3) is 5.91 Å². The molecule has 12 nitrogen and oxygen atoms in total. The summed E-state index contributed by atoms with van der Waals surface area (Å²) in [7, 11) is 4.22. The lowest BCUT2D eigenvalue weighted by atomic mass is 10.0. The number of furan rings is 1. The molecular formula is C30H33N3O9. The van der Waals surface area contributed by atoms with Crippen LogP contribution < -0.4 is 25.0 Å².